The summed E-state index contributed by atoms with van der Waals surface area (Å²) in [6, 6.07) is -0.0349. The van der Waals surface area contributed by atoms with Gasteiger partial charge in [-0.1, -0.05) is 0 Å². The summed E-state index contributed by atoms with van der Waals surface area (Å²) in [6.45, 7) is 3.80. The van der Waals surface area contributed by atoms with Gasteiger partial charge in [-0.25, -0.2) is 0 Å². The van der Waals surface area contributed by atoms with E-state index in [4.69, 9.17) is 0 Å². The Labute approximate surface area is 85.4 Å². The van der Waals surface area contributed by atoms with Gasteiger partial charge >= 0.3 is 0 Å². The number of hydrogen-bond acceptors (Lipinski definition) is 3. The minimum absolute atomic E-state index is 0.00161. The van der Waals surface area contributed by atoms with E-state index in [1.54, 1.807) is 14.0 Å². The first-order valence-corrected chi connectivity index (χ1v) is 5.00. The molecule has 1 amide bonds. The third-order valence-corrected chi connectivity index (χ3v) is 2.13. The van der Waals surface area contributed by atoms with Gasteiger partial charge < -0.3 is 10.6 Å². The number of rotatable bonds is 7. The number of unbranched alkanes of at least 4 members (excludes halogenated alkanes) is 1. The lowest BCUT2D eigenvalue weighted by atomic mass is 10.1. The molecule has 0 bridgehead atoms. The van der Waals surface area contributed by atoms with Crippen molar-refractivity contribution >= 4 is 11.7 Å². The van der Waals surface area contributed by atoms with Crippen LogP contribution in [0.1, 0.15) is 33.1 Å². The van der Waals surface area contributed by atoms with Crippen LogP contribution in [0.2, 0.25) is 0 Å². The quantitative estimate of drug-likeness (QED) is 0.587. The zero-order valence-electron chi connectivity index (χ0n) is 9.22. The zero-order valence-corrected chi connectivity index (χ0v) is 9.22. The van der Waals surface area contributed by atoms with Crippen LogP contribution in [0.3, 0.4) is 0 Å². The van der Waals surface area contributed by atoms with Crippen molar-refractivity contribution in [2.75, 3.05) is 13.6 Å². The van der Waals surface area contributed by atoms with Crippen LogP contribution in [0, 0.1) is 0 Å². The van der Waals surface area contributed by atoms with E-state index in [0.29, 0.717) is 6.54 Å². The van der Waals surface area contributed by atoms with Crippen molar-refractivity contribution in [3.05, 3.63) is 0 Å². The lowest BCUT2D eigenvalue weighted by molar-refractivity contribution is -0.120. The highest BCUT2D eigenvalue weighted by atomic mass is 16.1. The van der Waals surface area contributed by atoms with Crippen LogP contribution in [0.4, 0.5) is 0 Å². The lowest BCUT2D eigenvalue weighted by Gasteiger charge is -2.11. The zero-order chi connectivity index (χ0) is 11.0. The molecule has 0 saturated carbocycles. The van der Waals surface area contributed by atoms with E-state index < -0.39 is 0 Å². The van der Waals surface area contributed by atoms with Gasteiger partial charge in [0.2, 0.25) is 5.91 Å². The second-order valence-corrected chi connectivity index (χ2v) is 3.43. The van der Waals surface area contributed by atoms with Crippen molar-refractivity contribution < 1.29 is 9.59 Å². The number of nitrogens with one attached hydrogen (secondary N) is 2. The predicted octanol–water partition coefficient (Wildman–Crippen LogP) is 0.470. The van der Waals surface area contributed by atoms with E-state index in [9.17, 15) is 9.59 Å². The fraction of sp³-hybridized carbons (Fsp3) is 0.800. The van der Waals surface area contributed by atoms with Crippen LogP contribution < -0.4 is 10.6 Å². The van der Waals surface area contributed by atoms with Gasteiger partial charge in [-0.2, -0.15) is 0 Å². The summed E-state index contributed by atoms with van der Waals surface area (Å²) in [5.41, 5.74) is 0. The third-order valence-electron chi connectivity index (χ3n) is 2.13. The second kappa shape index (κ2) is 7.50. The molecule has 0 aromatic carbocycles. The normalized spacial score (nSPS) is 12.2. The average molecular weight is 200 g/mol. The van der Waals surface area contributed by atoms with E-state index in [2.05, 4.69) is 10.6 Å². The highest BCUT2D eigenvalue weighted by Gasteiger charge is 2.09. The maximum Gasteiger partial charge on any atom is 0.216 e. The average Bonchev–Trinajstić information content (AvgIpc) is 2.10. The Morgan fingerprint density at radius 3 is 2.29 bits per heavy atom. The van der Waals surface area contributed by atoms with Crippen molar-refractivity contribution in [1.29, 1.82) is 0 Å². The van der Waals surface area contributed by atoms with Crippen LogP contribution in [0.25, 0.3) is 0 Å². The van der Waals surface area contributed by atoms with E-state index in [1.807, 2.05) is 0 Å². The summed E-state index contributed by atoms with van der Waals surface area (Å²) in [5.74, 6) is 0.175. The van der Waals surface area contributed by atoms with Crippen molar-refractivity contribution in [2.24, 2.45) is 0 Å². The number of ketones is 1. The molecule has 0 fully saturated rings. The molecule has 4 nitrogen and oxygen atoms in total. The topological polar surface area (TPSA) is 58.2 Å². The van der Waals surface area contributed by atoms with E-state index >= 15 is 0 Å². The first kappa shape index (κ1) is 13.1. The fourth-order valence-corrected chi connectivity index (χ4v) is 1.29. The van der Waals surface area contributed by atoms with Crippen LogP contribution >= 0.6 is 0 Å². The molecule has 0 spiro atoms. The molecule has 0 aliphatic heterocycles. The van der Waals surface area contributed by atoms with Gasteiger partial charge in [-0.15, -0.1) is 0 Å². The minimum atomic E-state index is -0.0349. The molecule has 1 atom stereocenters. The largest absolute Gasteiger partial charge is 0.356 e. The molecule has 0 radical (unpaired) electrons. The van der Waals surface area contributed by atoms with Gasteiger partial charge in [-0.05, 0) is 33.2 Å². The number of Topliss-reactive ketones (excluding diaryl/α,β-unsaturated/α-hetero) is 1. The van der Waals surface area contributed by atoms with Crippen LogP contribution in [0.5, 0.6) is 0 Å². The minimum Gasteiger partial charge on any atom is -0.356 e. The fourth-order valence-electron chi connectivity index (χ4n) is 1.29. The molecule has 4 heteroatoms. The monoisotopic (exact) mass is 200 g/mol. The predicted molar refractivity (Wildman–Crippen MR) is 56.1 cm³/mol. The molecule has 0 aliphatic rings. The number of likely N-dealkylation sites (N-methyl/N-ethyl adjacent to an activating group) is 1. The maximum atomic E-state index is 11.0. The standard InChI is InChI=1S/C10H20N2O2/c1-8(13)10(11-3)6-4-5-7-12-9(2)14/h10-11H,4-7H2,1-3H3,(H,12,14)/t10-/m0/s1. The summed E-state index contributed by atoms with van der Waals surface area (Å²) < 4.78 is 0. The number of carbonyl (C=O) groups is 2. The molecule has 14 heavy (non-hydrogen) atoms. The number of carbonyl (C=O) groups excluding carboxylic acids is 2. The van der Waals surface area contributed by atoms with Crippen LogP contribution in [-0.2, 0) is 9.59 Å². The lowest BCUT2D eigenvalue weighted by Crippen LogP contribution is -2.32. The highest BCUT2D eigenvalue weighted by Crippen LogP contribution is 2.00. The molecular weight excluding hydrogens is 180 g/mol. The highest BCUT2D eigenvalue weighted by molar-refractivity contribution is 5.81. The molecule has 0 aromatic rings. The van der Waals surface area contributed by atoms with Crippen molar-refractivity contribution in [3.8, 4) is 0 Å². The summed E-state index contributed by atoms with van der Waals surface area (Å²) in [6.07, 6.45) is 2.71. The first-order chi connectivity index (χ1) is 6.57. The maximum absolute atomic E-state index is 11.0. The summed E-state index contributed by atoms with van der Waals surface area (Å²) in [4.78, 5) is 21.5. The van der Waals surface area contributed by atoms with E-state index in [-0.39, 0.29) is 17.7 Å². The molecule has 0 rings (SSSR count). The van der Waals surface area contributed by atoms with Gasteiger partial charge in [0, 0.05) is 13.5 Å². The van der Waals surface area contributed by atoms with Gasteiger partial charge in [0.15, 0.2) is 0 Å². The molecule has 0 aliphatic carbocycles. The van der Waals surface area contributed by atoms with Gasteiger partial charge in [-0.3, -0.25) is 9.59 Å². The van der Waals surface area contributed by atoms with Crippen molar-refractivity contribution in [3.63, 3.8) is 0 Å². The molecule has 82 valence electrons. The van der Waals surface area contributed by atoms with Gasteiger partial charge in [0.05, 0.1) is 6.04 Å². The smallest absolute Gasteiger partial charge is 0.216 e. The van der Waals surface area contributed by atoms with Gasteiger partial charge in [0.25, 0.3) is 0 Å². The molecule has 0 saturated heterocycles. The third kappa shape index (κ3) is 6.60. The summed E-state index contributed by atoms with van der Waals surface area (Å²) in [7, 11) is 1.79. The Hall–Kier alpha value is -0.900. The van der Waals surface area contributed by atoms with E-state index in [0.717, 1.165) is 19.3 Å². The molecule has 2 N–H and O–H groups in total. The Morgan fingerprint density at radius 2 is 1.86 bits per heavy atom. The second-order valence-electron chi connectivity index (χ2n) is 3.43. The van der Waals surface area contributed by atoms with E-state index in [1.165, 1.54) is 6.92 Å². The molecular formula is C10H20N2O2. The van der Waals surface area contributed by atoms with Gasteiger partial charge in [0.1, 0.15) is 5.78 Å². The first-order valence-electron chi connectivity index (χ1n) is 5.00. The molecule has 0 unspecified atom stereocenters. The Kier molecular flexibility index (Phi) is 7.02. The van der Waals surface area contributed by atoms with Crippen molar-refractivity contribution in [2.45, 2.75) is 39.2 Å². The number of amides is 1. The summed E-state index contributed by atoms with van der Waals surface area (Å²) >= 11 is 0. The molecule has 0 aromatic heterocycles. The SMILES string of the molecule is CN[C@@H](CCCCNC(C)=O)C(C)=O. The Bertz CT molecular complexity index is 193. The number of hydrogen-bond donors (Lipinski definition) is 2. The van der Waals surface area contributed by atoms with Crippen molar-refractivity contribution in [1.82, 2.24) is 10.6 Å². The molecule has 0 heterocycles. The summed E-state index contributed by atoms with van der Waals surface area (Å²) in [5, 5.41) is 5.69. The van der Waals surface area contributed by atoms with Crippen LogP contribution in [0.15, 0.2) is 0 Å². The Balaban J connectivity index is 3.42. The van der Waals surface area contributed by atoms with Crippen LogP contribution in [-0.4, -0.2) is 31.3 Å². The Morgan fingerprint density at radius 1 is 1.21 bits per heavy atom.